The van der Waals surface area contributed by atoms with Crippen LogP contribution in [0.4, 0.5) is 0 Å². The zero-order chi connectivity index (χ0) is 17.4. The van der Waals surface area contributed by atoms with Crippen LogP contribution in [0.3, 0.4) is 0 Å². The predicted molar refractivity (Wildman–Crippen MR) is 91.8 cm³/mol. The van der Waals surface area contributed by atoms with Crippen LogP contribution in [-0.2, 0) is 9.59 Å². The lowest BCUT2D eigenvalue weighted by atomic mass is 9.92. The summed E-state index contributed by atoms with van der Waals surface area (Å²) in [6, 6.07) is -0.903. The fourth-order valence-corrected chi connectivity index (χ4v) is 4.82. The molecule has 2 rings (SSSR count). The lowest BCUT2D eigenvalue weighted by molar-refractivity contribution is -0.146. The first-order chi connectivity index (χ1) is 10.6. The Balaban J connectivity index is 2.19. The zero-order valence-corrected chi connectivity index (χ0v) is 15.4. The van der Waals surface area contributed by atoms with Gasteiger partial charge < -0.3 is 20.6 Å². The van der Waals surface area contributed by atoms with Crippen LogP contribution in [-0.4, -0.2) is 69.1 Å². The van der Waals surface area contributed by atoms with Gasteiger partial charge in [0.25, 0.3) is 0 Å². The molecular formula is C16H29N3O3S. The molecule has 3 atom stereocenters. The predicted octanol–water partition coefficient (Wildman–Crippen LogP) is 0.635. The normalized spacial score (nSPS) is 28.1. The third-order valence-corrected chi connectivity index (χ3v) is 6.09. The number of nitrogens with two attached hydrogens (primary N) is 1. The first-order valence-corrected chi connectivity index (χ1v) is 9.25. The van der Waals surface area contributed by atoms with Crippen LogP contribution in [0.25, 0.3) is 0 Å². The minimum atomic E-state index is -0.903. The maximum absolute atomic E-state index is 12.7. The molecule has 2 saturated heterocycles. The van der Waals surface area contributed by atoms with Gasteiger partial charge in [-0.05, 0) is 19.8 Å². The largest absolute Gasteiger partial charge is 0.391 e. The molecule has 0 radical (unpaired) electrons. The fraction of sp³-hybridized carbons (Fsp3) is 0.875. The first-order valence-electron chi connectivity index (χ1n) is 8.27. The monoisotopic (exact) mass is 343 g/mol. The second-order valence-corrected chi connectivity index (χ2v) is 9.09. The maximum atomic E-state index is 12.7. The number of nitrogens with zero attached hydrogens (tertiary/aromatic N) is 2. The molecule has 0 aromatic rings. The van der Waals surface area contributed by atoms with Gasteiger partial charge in [0.05, 0.1) is 12.6 Å². The molecule has 0 aromatic heterocycles. The van der Waals surface area contributed by atoms with E-state index in [0.717, 1.165) is 25.1 Å². The third kappa shape index (κ3) is 3.67. The fourth-order valence-electron chi connectivity index (χ4n) is 3.29. The van der Waals surface area contributed by atoms with Crippen molar-refractivity contribution in [1.82, 2.24) is 9.80 Å². The van der Waals surface area contributed by atoms with Crippen molar-refractivity contribution < 1.29 is 14.7 Å². The number of likely N-dealkylation sites (tertiary alicyclic amines) is 1. The van der Waals surface area contributed by atoms with Crippen molar-refractivity contribution in [3.8, 4) is 0 Å². The van der Waals surface area contributed by atoms with Crippen LogP contribution in [0, 0.1) is 5.41 Å². The van der Waals surface area contributed by atoms with Gasteiger partial charge in [-0.2, -0.15) is 0 Å². The first kappa shape index (κ1) is 18.5. The molecule has 7 heteroatoms. The van der Waals surface area contributed by atoms with Crippen molar-refractivity contribution in [3.63, 3.8) is 0 Å². The molecule has 2 heterocycles. The average molecular weight is 343 g/mol. The van der Waals surface area contributed by atoms with Gasteiger partial charge in [0.1, 0.15) is 10.9 Å². The summed E-state index contributed by atoms with van der Waals surface area (Å²) in [4.78, 5) is 28.6. The Bertz CT molecular complexity index is 478. The highest BCUT2D eigenvalue weighted by Crippen LogP contribution is 2.43. The van der Waals surface area contributed by atoms with E-state index in [1.807, 2.05) is 25.7 Å². The van der Waals surface area contributed by atoms with E-state index in [1.165, 1.54) is 6.92 Å². The quantitative estimate of drug-likeness (QED) is 0.768. The molecule has 2 amide bonds. The molecule has 0 aliphatic carbocycles. The summed E-state index contributed by atoms with van der Waals surface area (Å²) >= 11 is 1.74. The number of carbonyl (C=O) groups excluding carboxylic acids is 2. The SMILES string of the molecule is C[C@@H](O)[C@H](N)C(=O)N1CCSC12CCCN(C(=O)C(C)(C)C)C2. The molecule has 132 valence electrons. The zero-order valence-electron chi connectivity index (χ0n) is 14.5. The summed E-state index contributed by atoms with van der Waals surface area (Å²) in [7, 11) is 0. The third-order valence-electron chi connectivity index (χ3n) is 4.61. The number of hydrogen-bond donors (Lipinski definition) is 2. The molecule has 0 bridgehead atoms. The minimum Gasteiger partial charge on any atom is -0.391 e. The molecular weight excluding hydrogens is 314 g/mol. The Labute approximate surface area is 142 Å². The van der Waals surface area contributed by atoms with Gasteiger partial charge in [0.2, 0.25) is 11.8 Å². The minimum absolute atomic E-state index is 0.122. The summed E-state index contributed by atoms with van der Waals surface area (Å²) in [5.41, 5.74) is 5.44. The van der Waals surface area contributed by atoms with Crippen LogP contribution in [0.15, 0.2) is 0 Å². The van der Waals surface area contributed by atoms with E-state index in [1.54, 1.807) is 16.7 Å². The van der Waals surface area contributed by atoms with Crippen LogP contribution in [0.2, 0.25) is 0 Å². The molecule has 3 N–H and O–H groups in total. The topological polar surface area (TPSA) is 86.9 Å². The number of thioether (sulfide) groups is 1. The molecule has 6 nitrogen and oxygen atoms in total. The van der Waals surface area contributed by atoms with Crippen LogP contribution >= 0.6 is 11.8 Å². The number of aliphatic hydroxyl groups is 1. The Kier molecular flexibility index (Phi) is 5.33. The number of aliphatic hydroxyl groups excluding tert-OH is 1. The van der Waals surface area contributed by atoms with E-state index >= 15 is 0 Å². The number of carbonyl (C=O) groups is 2. The van der Waals surface area contributed by atoms with E-state index in [9.17, 15) is 14.7 Å². The number of rotatable bonds is 2. The number of piperidine rings is 1. The van der Waals surface area contributed by atoms with Crippen molar-refractivity contribution in [3.05, 3.63) is 0 Å². The Morgan fingerprint density at radius 3 is 2.52 bits per heavy atom. The van der Waals surface area contributed by atoms with Crippen molar-refractivity contribution >= 4 is 23.6 Å². The highest BCUT2D eigenvalue weighted by Gasteiger charge is 2.49. The molecule has 0 aromatic carbocycles. The molecule has 2 fully saturated rings. The van der Waals surface area contributed by atoms with Gasteiger partial charge in [0, 0.05) is 24.3 Å². The van der Waals surface area contributed by atoms with E-state index in [0.29, 0.717) is 13.1 Å². The second kappa shape index (κ2) is 6.61. The lowest BCUT2D eigenvalue weighted by Gasteiger charge is -2.46. The molecule has 2 aliphatic rings. The van der Waals surface area contributed by atoms with Gasteiger partial charge in [-0.1, -0.05) is 20.8 Å². The van der Waals surface area contributed by atoms with Crippen molar-refractivity contribution in [2.24, 2.45) is 11.1 Å². The highest BCUT2D eigenvalue weighted by atomic mass is 32.2. The van der Waals surface area contributed by atoms with Crippen LogP contribution in [0.1, 0.15) is 40.5 Å². The molecule has 1 unspecified atom stereocenters. The summed E-state index contributed by atoms with van der Waals surface area (Å²) in [6.07, 6.45) is 0.868. The van der Waals surface area contributed by atoms with Crippen LogP contribution < -0.4 is 5.73 Å². The van der Waals surface area contributed by atoms with E-state index in [2.05, 4.69) is 0 Å². The highest BCUT2D eigenvalue weighted by molar-refractivity contribution is 8.00. The molecule has 1 spiro atoms. The maximum Gasteiger partial charge on any atom is 0.243 e. The Morgan fingerprint density at radius 2 is 1.96 bits per heavy atom. The van der Waals surface area contributed by atoms with E-state index in [-0.39, 0.29) is 16.7 Å². The van der Waals surface area contributed by atoms with Gasteiger partial charge >= 0.3 is 0 Å². The van der Waals surface area contributed by atoms with E-state index in [4.69, 9.17) is 5.73 Å². The van der Waals surface area contributed by atoms with Crippen LogP contribution in [0.5, 0.6) is 0 Å². The van der Waals surface area contributed by atoms with Crippen molar-refractivity contribution in [2.75, 3.05) is 25.4 Å². The smallest absolute Gasteiger partial charge is 0.243 e. The number of hydrogen-bond acceptors (Lipinski definition) is 5. The second-order valence-electron chi connectivity index (χ2n) is 7.63. The summed E-state index contributed by atoms with van der Waals surface area (Å²) < 4.78 is 0. The van der Waals surface area contributed by atoms with Crippen molar-refractivity contribution in [1.29, 1.82) is 0 Å². The molecule has 23 heavy (non-hydrogen) atoms. The van der Waals surface area contributed by atoms with Gasteiger partial charge in [0.15, 0.2) is 0 Å². The van der Waals surface area contributed by atoms with Gasteiger partial charge in [-0.3, -0.25) is 9.59 Å². The average Bonchev–Trinajstić information content (AvgIpc) is 2.86. The summed E-state index contributed by atoms with van der Waals surface area (Å²) in [5, 5.41) is 9.64. The Hall–Kier alpha value is -0.790. The Morgan fingerprint density at radius 1 is 1.30 bits per heavy atom. The molecule has 0 saturated carbocycles. The van der Waals surface area contributed by atoms with E-state index < -0.39 is 17.6 Å². The van der Waals surface area contributed by atoms with Crippen molar-refractivity contribution in [2.45, 2.75) is 57.6 Å². The summed E-state index contributed by atoms with van der Waals surface area (Å²) in [5.74, 6) is 0.752. The van der Waals surface area contributed by atoms with Gasteiger partial charge in [-0.15, -0.1) is 11.8 Å². The lowest BCUT2D eigenvalue weighted by Crippen LogP contribution is -2.61. The van der Waals surface area contributed by atoms with Gasteiger partial charge in [-0.25, -0.2) is 0 Å². The summed E-state index contributed by atoms with van der Waals surface area (Å²) in [6.45, 7) is 9.21. The molecule has 2 aliphatic heterocycles. The number of amides is 2. The standard InChI is InChI=1S/C16H29N3O3S/c1-11(20)12(17)13(21)19-8-9-23-16(19)6-5-7-18(10-16)14(22)15(2,3)4/h11-12,20H,5-10,17H2,1-4H3/t11-,12+,16?/m1/s1.